The van der Waals surface area contributed by atoms with Crippen LogP contribution in [0.5, 0.6) is 11.5 Å². The average Bonchev–Trinajstić information content (AvgIpc) is 3.31. The second-order valence-electron chi connectivity index (χ2n) is 7.15. The topological polar surface area (TPSA) is 69.5 Å². The molecule has 0 bridgehead atoms. The lowest BCUT2D eigenvalue weighted by atomic mass is 10.2. The van der Waals surface area contributed by atoms with Gasteiger partial charge in [0.25, 0.3) is 0 Å². The van der Waals surface area contributed by atoms with E-state index < -0.39 is 0 Å². The first-order valence-corrected chi connectivity index (χ1v) is 11.3. The number of ether oxygens (including phenoxy) is 2. The molecule has 1 amide bonds. The third kappa shape index (κ3) is 5.01. The second-order valence-corrected chi connectivity index (χ2v) is 8.09. The minimum Gasteiger partial charge on any atom is -0.497 e. The maximum atomic E-state index is 12.8. The summed E-state index contributed by atoms with van der Waals surface area (Å²) < 4.78 is 12.5. The first kappa shape index (κ1) is 22.4. The van der Waals surface area contributed by atoms with Crippen molar-refractivity contribution in [1.82, 2.24) is 14.8 Å². The molecule has 4 aromatic rings. The summed E-state index contributed by atoms with van der Waals surface area (Å²) in [7, 11) is 5.04. The van der Waals surface area contributed by atoms with Crippen LogP contribution in [-0.2, 0) is 4.79 Å². The Kier molecular flexibility index (Phi) is 6.95. The van der Waals surface area contributed by atoms with Gasteiger partial charge in [-0.3, -0.25) is 9.36 Å². The fraction of sp³-hybridized carbons (Fsp3) is 0.160. The number of aromatic nitrogens is 3. The number of rotatable bonds is 8. The number of methoxy groups -OCH3 is 2. The van der Waals surface area contributed by atoms with Crippen molar-refractivity contribution in [3.05, 3.63) is 78.9 Å². The summed E-state index contributed by atoms with van der Waals surface area (Å²) in [6, 6.07) is 24.9. The Labute approximate surface area is 197 Å². The minimum absolute atomic E-state index is 0.0264. The molecular weight excluding hydrogens is 436 g/mol. The van der Waals surface area contributed by atoms with E-state index in [0.29, 0.717) is 11.0 Å². The second kappa shape index (κ2) is 10.2. The number of amides is 1. The van der Waals surface area contributed by atoms with Crippen LogP contribution in [0.25, 0.3) is 17.1 Å². The van der Waals surface area contributed by atoms with Gasteiger partial charge in [-0.05, 0) is 60.7 Å². The summed E-state index contributed by atoms with van der Waals surface area (Å²) in [6.45, 7) is 0. The lowest BCUT2D eigenvalue weighted by Crippen LogP contribution is -2.27. The Hall–Kier alpha value is -3.78. The van der Waals surface area contributed by atoms with E-state index in [9.17, 15) is 4.79 Å². The quantitative estimate of drug-likeness (QED) is 0.355. The third-order valence-corrected chi connectivity index (χ3v) is 6.07. The van der Waals surface area contributed by atoms with Crippen molar-refractivity contribution in [3.8, 4) is 28.6 Å². The molecule has 7 nitrogen and oxygen atoms in total. The molecule has 1 aromatic heterocycles. The molecular formula is C25H24N4O3S. The van der Waals surface area contributed by atoms with Gasteiger partial charge >= 0.3 is 0 Å². The fourth-order valence-electron chi connectivity index (χ4n) is 3.27. The van der Waals surface area contributed by atoms with E-state index >= 15 is 0 Å². The first-order valence-electron chi connectivity index (χ1n) is 10.3. The smallest absolute Gasteiger partial charge is 0.237 e. The standard InChI is InChI=1S/C25H24N4O3S/c1-28(19-7-5-4-6-8-19)23(30)17-33-25-27-26-24(18-9-13-21(31-2)14-10-18)29(25)20-11-15-22(32-3)16-12-20/h4-16H,17H2,1-3H3. The number of hydrogen-bond donors (Lipinski definition) is 0. The Bertz CT molecular complexity index is 1210. The Balaban J connectivity index is 1.64. The molecule has 0 aliphatic rings. The number of benzene rings is 3. The summed E-state index contributed by atoms with van der Waals surface area (Å²) in [5, 5.41) is 9.46. The predicted octanol–water partition coefficient (Wildman–Crippen LogP) is 4.71. The lowest BCUT2D eigenvalue weighted by Gasteiger charge is -2.17. The number of carbonyl (C=O) groups excluding carboxylic acids is 1. The van der Waals surface area contributed by atoms with Crippen LogP contribution in [0.3, 0.4) is 0 Å². The molecule has 1 heterocycles. The van der Waals surface area contributed by atoms with Gasteiger partial charge < -0.3 is 14.4 Å². The number of carbonyl (C=O) groups is 1. The molecule has 0 atom stereocenters. The molecule has 3 aromatic carbocycles. The van der Waals surface area contributed by atoms with Crippen LogP contribution in [0, 0.1) is 0 Å². The SMILES string of the molecule is COc1ccc(-c2nnc(SCC(=O)N(C)c3ccccc3)n2-c2ccc(OC)cc2)cc1. The van der Waals surface area contributed by atoms with Gasteiger partial charge in [-0.25, -0.2) is 0 Å². The van der Waals surface area contributed by atoms with Crippen molar-refractivity contribution in [2.75, 3.05) is 31.9 Å². The maximum Gasteiger partial charge on any atom is 0.237 e. The van der Waals surface area contributed by atoms with E-state index in [0.717, 1.165) is 28.4 Å². The zero-order valence-corrected chi connectivity index (χ0v) is 19.5. The lowest BCUT2D eigenvalue weighted by molar-refractivity contribution is -0.115. The van der Waals surface area contributed by atoms with Crippen molar-refractivity contribution in [2.45, 2.75) is 5.16 Å². The molecule has 0 saturated carbocycles. The van der Waals surface area contributed by atoms with Gasteiger partial charge in [0.1, 0.15) is 11.5 Å². The van der Waals surface area contributed by atoms with Crippen LogP contribution in [0.15, 0.2) is 84.0 Å². The van der Waals surface area contributed by atoms with E-state index in [1.165, 1.54) is 11.8 Å². The maximum absolute atomic E-state index is 12.8. The number of thioether (sulfide) groups is 1. The molecule has 0 aliphatic carbocycles. The zero-order valence-electron chi connectivity index (χ0n) is 18.6. The Morgan fingerprint density at radius 1 is 0.879 bits per heavy atom. The van der Waals surface area contributed by atoms with Crippen LogP contribution in [0.2, 0.25) is 0 Å². The molecule has 33 heavy (non-hydrogen) atoms. The molecule has 8 heteroatoms. The van der Waals surface area contributed by atoms with Gasteiger partial charge in [-0.2, -0.15) is 0 Å². The molecule has 0 N–H and O–H groups in total. The Morgan fingerprint density at radius 3 is 2.09 bits per heavy atom. The van der Waals surface area contributed by atoms with E-state index in [2.05, 4.69) is 10.2 Å². The zero-order chi connectivity index (χ0) is 23.2. The van der Waals surface area contributed by atoms with Crippen LogP contribution in [0.4, 0.5) is 5.69 Å². The normalized spacial score (nSPS) is 10.6. The summed E-state index contributed by atoms with van der Waals surface area (Å²) in [6.07, 6.45) is 0. The van der Waals surface area contributed by atoms with Crippen LogP contribution < -0.4 is 14.4 Å². The van der Waals surface area contributed by atoms with Crippen LogP contribution in [-0.4, -0.2) is 47.7 Å². The molecule has 0 aliphatic heterocycles. The summed E-state index contributed by atoms with van der Waals surface area (Å²) >= 11 is 1.35. The van der Waals surface area contributed by atoms with E-state index in [1.54, 1.807) is 26.2 Å². The van der Waals surface area contributed by atoms with Gasteiger partial charge in [0, 0.05) is 24.0 Å². The molecule has 0 spiro atoms. The molecule has 168 valence electrons. The molecule has 0 unspecified atom stereocenters. The molecule has 0 saturated heterocycles. The van der Waals surface area contributed by atoms with Crippen molar-refractivity contribution < 1.29 is 14.3 Å². The number of nitrogens with zero attached hydrogens (tertiary/aromatic N) is 4. The van der Waals surface area contributed by atoms with E-state index in [4.69, 9.17) is 9.47 Å². The highest BCUT2D eigenvalue weighted by Gasteiger charge is 2.19. The first-order chi connectivity index (χ1) is 16.1. The number of hydrogen-bond acceptors (Lipinski definition) is 6. The van der Waals surface area contributed by atoms with Gasteiger partial charge in [-0.15, -0.1) is 10.2 Å². The highest BCUT2D eigenvalue weighted by molar-refractivity contribution is 7.99. The van der Waals surface area contributed by atoms with E-state index in [-0.39, 0.29) is 11.7 Å². The molecule has 0 radical (unpaired) electrons. The fourth-order valence-corrected chi connectivity index (χ4v) is 4.14. The van der Waals surface area contributed by atoms with Crippen molar-refractivity contribution >= 4 is 23.4 Å². The summed E-state index contributed by atoms with van der Waals surface area (Å²) in [4.78, 5) is 14.5. The van der Waals surface area contributed by atoms with Gasteiger partial charge in [-0.1, -0.05) is 30.0 Å². The highest BCUT2D eigenvalue weighted by Crippen LogP contribution is 2.30. The molecule has 4 rings (SSSR count). The predicted molar refractivity (Wildman–Crippen MR) is 130 cm³/mol. The monoisotopic (exact) mass is 460 g/mol. The van der Waals surface area contributed by atoms with Crippen LogP contribution >= 0.6 is 11.8 Å². The number of anilines is 1. The minimum atomic E-state index is -0.0264. The van der Waals surface area contributed by atoms with Crippen molar-refractivity contribution in [3.63, 3.8) is 0 Å². The van der Waals surface area contributed by atoms with E-state index in [1.807, 2.05) is 83.4 Å². The summed E-state index contributed by atoms with van der Waals surface area (Å²) in [5.74, 6) is 2.39. The van der Waals surface area contributed by atoms with Gasteiger partial charge in [0.15, 0.2) is 11.0 Å². The number of para-hydroxylation sites is 1. The van der Waals surface area contributed by atoms with Crippen molar-refractivity contribution in [1.29, 1.82) is 0 Å². The molecule has 0 fully saturated rings. The Morgan fingerprint density at radius 2 is 1.48 bits per heavy atom. The largest absolute Gasteiger partial charge is 0.497 e. The average molecular weight is 461 g/mol. The van der Waals surface area contributed by atoms with Crippen LogP contribution in [0.1, 0.15) is 0 Å². The van der Waals surface area contributed by atoms with Gasteiger partial charge in [0.05, 0.1) is 20.0 Å². The highest BCUT2D eigenvalue weighted by atomic mass is 32.2. The van der Waals surface area contributed by atoms with Crippen molar-refractivity contribution in [2.24, 2.45) is 0 Å². The third-order valence-electron chi connectivity index (χ3n) is 5.15. The van der Waals surface area contributed by atoms with Gasteiger partial charge in [0.2, 0.25) is 5.91 Å². The summed E-state index contributed by atoms with van der Waals surface area (Å²) in [5.41, 5.74) is 2.61.